The highest BCUT2D eigenvalue weighted by Gasteiger charge is 2.29. The van der Waals surface area contributed by atoms with Gasteiger partial charge in [-0.2, -0.15) is 0 Å². The molecule has 0 fully saturated rings. The monoisotopic (exact) mass is 383 g/mol. The first-order chi connectivity index (χ1) is 11.9. The molecule has 1 unspecified atom stereocenters. The molecule has 2 aromatic rings. The third-order valence-electron chi connectivity index (χ3n) is 3.83. The molecule has 0 N–H and O–H groups in total. The number of aromatic nitrogens is 4. The molecule has 142 valence electrons. The Kier molecular flexibility index (Phi) is 5.55. The molecule has 1 amide bonds. The molecule has 2 aromatic heterocycles. The summed E-state index contributed by atoms with van der Waals surface area (Å²) in [5.74, 6) is -0.675. The zero-order valence-electron chi connectivity index (χ0n) is 16.0. The smallest absolute Gasteiger partial charge is 0.410 e. The molecular weight excluding hydrogens is 361 g/mol. The lowest BCUT2D eigenvalue weighted by Gasteiger charge is -2.29. The Bertz CT molecular complexity index is 831. The van der Waals surface area contributed by atoms with Gasteiger partial charge in [-0.25, -0.2) is 18.9 Å². The van der Waals surface area contributed by atoms with Gasteiger partial charge in [0.2, 0.25) is 0 Å². The second kappa shape index (κ2) is 7.19. The number of aryl methyl sites for hydroxylation is 2. The van der Waals surface area contributed by atoms with Crippen molar-refractivity contribution in [2.45, 2.75) is 46.3 Å². The average Bonchev–Trinajstić information content (AvgIpc) is 2.89. The maximum atomic E-state index is 14.5. The van der Waals surface area contributed by atoms with Gasteiger partial charge in [0.05, 0.1) is 11.7 Å². The summed E-state index contributed by atoms with van der Waals surface area (Å²) < 4.78 is 21.4. The number of carbonyl (C=O) groups is 1. The lowest BCUT2D eigenvalue weighted by atomic mass is 10.1. The van der Waals surface area contributed by atoms with Gasteiger partial charge in [0.1, 0.15) is 11.3 Å². The number of pyridine rings is 1. The van der Waals surface area contributed by atoms with E-state index in [0.717, 1.165) is 0 Å². The van der Waals surface area contributed by atoms with Crippen LogP contribution in [0.25, 0.3) is 11.3 Å². The van der Waals surface area contributed by atoms with Crippen molar-refractivity contribution in [3.63, 3.8) is 0 Å². The van der Waals surface area contributed by atoms with Crippen LogP contribution in [0.1, 0.15) is 45.1 Å². The Morgan fingerprint density at radius 3 is 2.62 bits per heavy atom. The fourth-order valence-corrected chi connectivity index (χ4v) is 2.73. The maximum Gasteiger partial charge on any atom is 0.410 e. The van der Waals surface area contributed by atoms with E-state index in [2.05, 4.69) is 15.3 Å². The fourth-order valence-electron chi connectivity index (χ4n) is 2.49. The normalized spacial score (nSPS) is 12.8. The molecule has 1 atom stereocenters. The van der Waals surface area contributed by atoms with Gasteiger partial charge in [0, 0.05) is 25.4 Å². The topological polar surface area (TPSA) is 73.1 Å². The van der Waals surface area contributed by atoms with Gasteiger partial charge < -0.3 is 9.64 Å². The molecule has 0 saturated heterocycles. The van der Waals surface area contributed by atoms with Crippen molar-refractivity contribution in [1.29, 1.82) is 0 Å². The molecule has 9 heteroatoms. The third kappa shape index (κ3) is 4.12. The molecule has 0 bridgehead atoms. The zero-order chi connectivity index (χ0) is 19.8. The largest absolute Gasteiger partial charge is 0.444 e. The van der Waals surface area contributed by atoms with Crippen molar-refractivity contribution in [3.05, 3.63) is 28.4 Å². The van der Waals surface area contributed by atoms with Crippen molar-refractivity contribution < 1.29 is 13.9 Å². The number of rotatable bonds is 3. The summed E-state index contributed by atoms with van der Waals surface area (Å²) >= 11 is 5.87. The van der Waals surface area contributed by atoms with E-state index in [1.165, 1.54) is 9.58 Å². The quantitative estimate of drug-likeness (QED) is 0.751. The Balaban J connectivity index is 2.46. The van der Waals surface area contributed by atoms with E-state index in [-0.39, 0.29) is 10.7 Å². The van der Waals surface area contributed by atoms with E-state index in [1.807, 2.05) is 0 Å². The van der Waals surface area contributed by atoms with Crippen molar-refractivity contribution >= 4 is 17.7 Å². The van der Waals surface area contributed by atoms with E-state index in [0.29, 0.717) is 17.1 Å². The molecule has 0 aliphatic carbocycles. The minimum Gasteiger partial charge on any atom is -0.444 e. The van der Waals surface area contributed by atoms with Gasteiger partial charge in [-0.05, 0) is 40.7 Å². The Labute approximate surface area is 157 Å². The highest BCUT2D eigenvalue weighted by molar-refractivity contribution is 6.29. The highest BCUT2D eigenvalue weighted by Crippen LogP contribution is 2.33. The molecule has 2 rings (SSSR count). The molecule has 0 aromatic carbocycles. The number of amides is 1. The SMILES string of the molecule is Cc1cc(-c2nnn(C)c2C(C)N(C)C(=O)OC(C)(C)C)c(F)c(Cl)n1. The van der Waals surface area contributed by atoms with Crippen molar-refractivity contribution in [2.75, 3.05) is 7.05 Å². The van der Waals surface area contributed by atoms with Gasteiger partial charge in [0.15, 0.2) is 11.0 Å². The van der Waals surface area contributed by atoms with Crippen LogP contribution in [0.2, 0.25) is 5.15 Å². The molecule has 0 saturated carbocycles. The van der Waals surface area contributed by atoms with Crippen molar-refractivity contribution in [3.8, 4) is 11.3 Å². The summed E-state index contributed by atoms with van der Waals surface area (Å²) in [5, 5.41) is 7.83. The molecule has 26 heavy (non-hydrogen) atoms. The number of nitrogens with zero attached hydrogens (tertiary/aromatic N) is 5. The van der Waals surface area contributed by atoms with Gasteiger partial charge in [-0.15, -0.1) is 5.10 Å². The minimum atomic E-state index is -0.675. The van der Waals surface area contributed by atoms with Gasteiger partial charge in [-0.3, -0.25) is 0 Å². The molecule has 2 heterocycles. The Morgan fingerprint density at radius 1 is 1.42 bits per heavy atom. The first-order valence-corrected chi connectivity index (χ1v) is 8.48. The standard InChI is InChI=1S/C17H23ClFN5O2/c1-9-8-11(12(19)15(18)20-9)13-14(24(7)22-21-13)10(2)23(6)16(25)26-17(3,4)5/h8,10H,1-7H3. The second-order valence-electron chi connectivity index (χ2n) is 7.13. The molecular formula is C17H23ClFN5O2. The molecule has 0 aliphatic heterocycles. The van der Waals surface area contributed by atoms with Crippen LogP contribution in [-0.2, 0) is 11.8 Å². The van der Waals surface area contributed by atoms with E-state index >= 15 is 0 Å². The van der Waals surface area contributed by atoms with Crippen LogP contribution in [0, 0.1) is 12.7 Å². The van der Waals surface area contributed by atoms with Crippen LogP contribution in [-0.4, -0.2) is 43.6 Å². The first-order valence-electron chi connectivity index (χ1n) is 8.10. The highest BCUT2D eigenvalue weighted by atomic mass is 35.5. The van der Waals surface area contributed by atoms with Crippen LogP contribution < -0.4 is 0 Å². The predicted octanol–water partition coefficient (Wildman–Crippen LogP) is 3.91. The number of halogens is 2. The van der Waals surface area contributed by atoms with E-state index in [1.54, 1.807) is 54.8 Å². The minimum absolute atomic E-state index is 0.190. The van der Waals surface area contributed by atoms with E-state index in [4.69, 9.17) is 16.3 Å². The van der Waals surface area contributed by atoms with E-state index in [9.17, 15) is 9.18 Å². The molecule has 0 aliphatic rings. The van der Waals surface area contributed by atoms with Crippen LogP contribution in [0.3, 0.4) is 0 Å². The molecule has 0 radical (unpaired) electrons. The van der Waals surface area contributed by atoms with Crippen LogP contribution >= 0.6 is 11.6 Å². The van der Waals surface area contributed by atoms with Gasteiger partial charge in [0.25, 0.3) is 0 Å². The predicted molar refractivity (Wildman–Crippen MR) is 96.4 cm³/mol. The first kappa shape index (κ1) is 20.1. The lowest BCUT2D eigenvalue weighted by Crippen LogP contribution is -2.36. The number of ether oxygens (including phenoxy) is 1. The summed E-state index contributed by atoms with van der Waals surface area (Å²) in [6.07, 6.45) is -0.499. The lowest BCUT2D eigenvalue weighted by molar-refractivity contribution is 0.0228. The van der Waals surface area contributed by atoms with Crippen LogP contribution in [0.4, 0.5) is 9.18 Å². The van der Waals surface area contributed by atoms with Crippen LogP contribution in [0.5, 0.6) is 0 Å². The summed E-state index contributed by atoms with van der Waals surface area (Å²) in [6, 6.07) is 1.08. The summed E-state index contributed by atoms with van der Waals surface area (Å²) in [4.78, 5) is 17.7. The summed E-state index contributed by atoms with van der Waals surface area (Å²) in [6.45, 7) is 8.87. The van der Waals surface area contributed by atoms with Crippen LogP contribution in [0.15, 0.2) is 6.07 Å². The second-order valence-corrected chi connectivity index (χ2v) is 7.49. The summed E-state index contributed by atoms with van der Waals surface area (Å²) in [7, 11) is 3.29. The number of carbonyl (C=O) groups excluding carboxylic acids is 1. The number of hydrogen-bond donors (Lipinski definition) is 0. The fraction of sp³-hybridized carbons (Fsp3) is 0.529. The van der Waals surface area contributed by atoms with Crippen molar-refractivity contribution in [2.24, 2.45) is 7.05 Å². The van der Waals surface area contributed by atoms with E-state index < -0.39 is 23.6 Å². The molecule has 7 nitrogen and oxygen atoms in total. The Morgan fingerprint density at radius 2 is 2.04 bits per heavy atom. The molecule has 0 spiro atoms. The van der Waals surface area contributed by atoms with Gasteiger partial charge in [-0.1, -0.05) is 16.8 Å². The van der Waals surface area contributed by atoms with Gasteiger partial charge >= 0.3 is 6.09 Å². The number of hydrogen-bond acceptors (Lipinski definition) is 5. The van der Waals surface area contributed by atoms with Crippen molar-refractivity contribution in [1.82, 2.24) is 24.9 Å². The zero-order valence-corrected chi connectivity index (χ0v) is 16.7. The average molecular weight is 384 g/mol. The third-order valence-corrected chi connectivity index (χ3v) is 4.08. The summed E-state index contributed by atoms with van der Waals surface area (Å²) in [5.41, 5.74) is 0.978. The maximum absolute atomic E-state index is 14.5. The Hall–Kier alpha value is -2.22.